The summed E-state index contributed by atoms with van der Waals surface area (Å²) in [5, 5.41) is 18.6. The molecular weight excluding hydrogens is 360 g/mol. The van der Waals surface area contributed by atoms with Crippen molar-refractivity contribution in [1.82, 2.24) is 0 Å². The van der Waals surface area contributed by atoms with E-state index in [4.69, 9.17) is 9.47 Å². The molecule has 2 N–H and O–H groups in total. The molecular formula is C22H40O6. The van der Waals surface area contributed by atoms with Crippen molar-refractivity contribution in [3.63, 3.8) is 0 Å². The number of carbonyl (C=O) groups is 2. The zero-order valence-corrected chi connectivity index (χ0v) is 18.5. The number of ether oxygens (including phenoxy) is 2. The molecule has 0 unspecified atom stereocenters. The number of aliphatic hydroxyl groups excluding tert-OH is 2. The Kier molecular flexibility index (Phi) is 9.41. The topological polar surface area (TPSA) is 93.1 Å². The molecule has 28 heavy (non-hydrogen) atoms. The summed E-state index contributed by atoms with van der Waals surface area (Å²) in [7, 11) is 0. The van der Waals surface area contributed by atoms with Crippen LogP contribution in [0.15, 0.2) is 0 Å². The van der Waals surface area contributed by atoms with E-state index in [2.05, 4.69) is 0 Å². The van der Waals surface area contributed by atoms with Gasteiger partial charge < -0.3 is 19.7 Å². The normalized spacial score (nSPS) is 28.6. The van der Waals surface area contributed by atoms with E-state index in [1.807, 2.05) is 41.5 Å². The van der Waals surface area contributed by atoms with Gasteiger partial charge in [-0.15, -0.1) is 0 Å². The van der Waals surface area contributed by atoms with Crippen LogP contribution in [0.3, 0.4) is 0 Å². The molecule has 0 aliphatic heterocycles. The maximum Gasteiger partial charge on any atom is 0.309 e. The third-order valence-corrected chi connectivity index (χ3v) is 4.87. The Morgan fingerprint density at radius 1 is 0.607 bits per heavy atom. The molecule has 2 fully saturated rings. The average Bonchev–Trinajstić information content (AvgIpc) is 2.53. The van der Waals surface area contributed by atoms with Crippen LogP contribution in [0.25, 0.3) is 0 Å². The fourth-order valence-corrected chi connectivity index (χ4v) is 3.39. The molecule has 6 nitrogen and oxygen atoms in total. The lowest BCUT2D eigenvalue weighted by Crippen LogP contribution is -2.31. The lowest BCUT2D eigenvalue weighted by Gasteiger charge is -2.27. The molecule has 2 aliphatic rings. The molecule has 0 bridgehead atoms. The van der Waals surface area contributed by atoms with Crippen molar-refractivity contribution >= 4 is 11.9 Å². The molecule has 0 heterocycles. The van der Waals surface area contributed by atoms with Gasteiger partial charge in [0.15, 0.2) is 0 Å². The minimum Gasteiger partial charge on any atom is -0.460 e. The average molecular weight is 401 g/mol. The number of esters is 2. The van der Waals surface area contributed by atoms with Crippen LogP contribution in [0.1, 0.15) is 92.9 Å². The number of hydrogen-bond donors (Lipinski definition) is 2. The molecule has 0 aromatic heterocycles. The SMILES string of the molecule is CC(C)(C)OC(=O)C1CCC(O)CC1.CC(C)(C)OC(=O)C1CCC(O)CC1. The van der Waals surface area contributed by atoms with Crippen LogP contribution < -0.4 is 0 Å². The highest BCUT2D eigenvalue weighted by molar-refractivity contribution is 5.73. The Labute approximate surface area is 170 Å². The van der Waals surface area contributed by atoms with E-state index in [1.54, 1.807) is 0 Å². The maximum absolute atomic E-state index is 11.6. The van der Waals surface area contributed by atoms with Gasteiger partial charge in [-0.1, -0.05) is 0 Å². The fraction of sp³-hybridized carbons (Fsp3) is 0.909. The maximum atomic E-state index is 11.6. The summed E-state index contributed by atoms with van der Waals surface area (Å²) in [5.74, 6) is -0.218. The lowest BCUT2D eigenvalue weighted by molar-refractivity contribution is -0.162. The molecule has 0 aromatic carbocycles. The number of aliphatic hydroxyl groups is 2. The van der Waals surface area contributed by atoms with Crippen molar-refractivity contribution < 1.29 is 29.3 Å². The molecule has 6 heteroatoms. The van der Waals surface area contributed by atoms with Gasteiger partial charge in [-0.05, 0) is 92.9 Å². The Morgan fingerprint density at radius 3 is 1.07 bits per heavy atom. The first-order valence-electron chi connectivity index (χ1n) is 10.6. The molecule has 0 radical (unpaired) electrons. The zero-order valence-electron chi connectivity index (χ0n) is 18.5. The van der Waals surface area contributed by atoms with Crippen LogP contribution in [0.4, 0.5) is 0 Å². The minimum absolute atomic E-state index is 0.00220. The summed E-state index contributed by atoms with van der Waals surface area (Å²) in [5.41, 5.74) is -0.791. The standard InChI is InChI=1S/2C11H20O3/c2*1-11(2,3)14-10(13)8-4-6-9(12)7-5-8/h2*8-9,12H,4-7H2,1-3H3. The Bertz CT molecular complexity index is 440. The minimum atomic E-state index is -0.396. The quantitative estimate of drug-likeness (QED) is 0.686. The summed E-state index contributed by atoms with van der Waals surface area (Å²) >= 11 is 0. The van der Waals surface area contributed by atoms with Crippen LogP contribution in [-0.2, 0) is 19.1 Å². The number of hydrogen-bond acceptors (Lipinski definition) is 6. The summed E-state index contributed by atoms with van der Waals surface area (Å²) in [6.45, 7) is 11.3. The second-order valence-electron chi connectivity index (χ2n) is 10.1. The first-order chi connectivity index (χ1) is 12.8. The van der Waals surface area contributed by atoms with E-state index in [9.17, 15) is 19.8 Å². The van der Waals surface area contributed by atoms with Crippen LogP contribution in [0.5, 0.6) is 0 Å². The molecule has 0 saturated heterocycles. The van der Waals surface area contributed by atoms with Crippen molar-refractivity contribution in [2.45, 2.75) is 116 Å². The van der Waals surface area contributed by atoms with Crippen LogP contribution in [-0.4, -0.2) is 45.6 Å². The molecule has 2 rings (SSSR count). The molecule has 164 valence electrons. The first kappa shape index (κ1) is 24.9. The van der Waals surface area contributed by atoms with Gasteiger partial charge >= 0.3 is 11.9 Å². The summed E-state index contributed by atoms with van der Waals surface area (Å²) in [6, 6.07) is 0. The van der Waals surface area contributed by atoms with Gasteiger partial charge in [0, 0.05) is 0 Å². The van der Waals surface area contributed by atoms with Gasteiger partial charge in [-0.2, -0.15) is 0 Å². The Hall–Kier alpha value is -1.14. The fourth-order valence-electron chi connectivity index (χ4n) is 3.39. The van der Waals surface area contributed by atoms with Crippen molar-refractivity contribution in [1.29, 1.82) is 0 Å². The van der Waals surface area contributed by atoms with E-state index in [0.717, 1.165) is 51.4 Å². The van der Waals surface area contributed by atoms with Crippen molar-refractivity contribution in [3.05, 3.63) is 0 Å². The van der Waals surface area contributed by atoms with E-state index in [-0.39, 0.29) is 36.0 Å². The van der Waals surface area contributed by atoms with Gasteiger partial charge in [0.25, 0.3) is 0 Å². The van der Waals surface area contributed by atoms with Crippen molar-refractivity contribution in [3.8, 4) is 0 Å². The molecule has 0 aromatic rings. The van der Waals surface area contributed by atoms with Crippen LogP contribution in [0, 0.1) is 11.8 Å². The highest BCUT2D eigenvalue weighted by Crippen LogP contribution is 2.27. The van der Waals surface area contributed by atoms with E-state index in [1.165, 1.54) is 0 Å². The van der Waals surface area contributed by atoms with Crippen LogP contribution >= 0.6 is 0 Å². The summed E-state index contributed by atoms with van der Waals surface area (Å²) < 4.78 is 10.6. The smallest absolute Gasteiger partial charge is 0.309 e. The molecule has 2 saturated carbocycles. The molecule has 2 aliphatic carbocycles. The van der Waals surface area contributed by atoms with Gasteiger partial charge in [0.1, 0.15) is 11.2 Å². The number of carbonyl (C=O) groups excluding carboxylic acids is 2. The predicted octanol–water partition coefficient (Wildman–Crippen LogP) is 3.76. The second kappa shape index (κ2) is 10.6. The van der Waals surface area contributed by atoms with E-state index >= 15 is 0 Å². The second-order valence-corrected chi connectivity index (χ2v) is 10.1. The third kappa shape index (κ3) is 10.4. The third-order valence-electron chi connectivity index (χ3n) is 4.87. The molecule has 0 spiro atoms. The van der Waals surface area contributed by atoms with Gasteiger partial charge in [0.2, 0.25) is 0 Å². The Balaban J connectivity index is 0.000000280. The first-order valence-corrected chi connectivity index (χ1v) is 10.6. The largest absolute Gasteiger partial charge is 0.460 e. The molecule has 0 atom stereocenters. The van der Waals surface area contributed by atoms with E-state index < -0.39 is 11.2 Å². The molecule has 0 amide bonds. The zero-order chi connectivity index (χ0) is 21.5. The van der Waals surface area contributed by atoms with Gasteiger partial charge in [-0.25, -0.2) is 0 Å². The van der Waals surface area contributed by atoms with E-state index in [0.29, 0.717) is 0 Å². The van der Waals surface area contributed by atoms with Gasteiger partial charge in [-0.3, -0.25) is 9.59 Å². The predicted molar refractivity (Wildman–Crippen MR) is 108 cm³/mol. The van der Waals surface area contributed by atoms with Crippen LogP contribution in [0.2, 0.25) is 0 Å². The monoisotopic (exact) mass is 400 g/mol. The van der Waals surface area contributed by atoms with Crippen molar-refractivity contribution in [2.24, 2.45) is 11.8 Å². The van der Waals surface area contributed by atoms with Crippen molar-refractivity contribution in [2.75, 3.05) is 0 Å². The number of rotatable bonds is 2. The van der Waals surface area contributed by atoms with Gasteiger partial charge in [0.05, 0.1) is 24.0 Å². The highest BCUT2D eigenvalue weighted by atomic mass is 16.6. The highest BCUT2D eigenvalue weighted by Gasteiger charge is 2.30. The Morgan fingerprint density at radius 2 is 0.857 bits per heavy atom. The lowest BCUT2D eigenvalue weighted by atomic mass is 9.87. The summed E-state index contributed by atoms with van der Waals surface area (Å²) in [4.78, 5) is 23.2. The summed E-state index contributed by atoms with van der Waals surface area (Å²) in [6.07, 6.45) is 5.52.